The lowest BCUT2D eigenvalue weighted by Crippen LogP contribution is -2.28. The number of amides is 1. The highest BCUT2D eigenvalue weighted by molar-refractivity contribution is 7.89. The lowest BCUT2D eigenvalue weighted by molar-refractivity contribution is -0.147. The van der Waals surface area contributed by atoms with Crippen molar-refractivity contribution in [2.45, 2.75) is 11.3 Å². The molecule has 0 aliphatic carbocycles. The lowest BCUT2D eigenvalue weighted by atomic mass is 10.3. The summed E-state index contributed by atoms with van der Waals surface area (Å²) in [7, 11) is -3.73. The van der Waals surface area contributed by atoms with Gasteiger partial charge >= 0.3 is 5.97 Å². The Kier molecular flexibility index (Phi) is 7.28. The van der Waals surface area contributed by atoms with Crippen LogP contribution in [-0.4, -0.2) is 33.4 Å². The van der Waals surface area contributed by atoms with E-state index in [9.17, 15) is 22.4 Å². The lowest BCUT2D eigenvalue weighted by Gasteiger charge is -2.08. The fourth-order valence-corrected chi connectivity index (χ4v) is 3.19. The Morgan fingerprint density at radius 1 is 1.11 bits per heavy atom. The molecular formula is C17H16ClFN2O5S. The minimum Gasteiger partial charge on any atom is -0.456 e. The van der Waals surface area contributed by atoms with Gasteiger partial charge < -0.3 is 10.1 Å². The summed E-state index contributed by atoms with van der Waals surface area (Å²) in [5.74, 6) is -2.23. The number of rotatable bonds is 8. The maximum atomic E-state index is 13.5. The quantitative estimate of drug-likeness (QED) is 0.645. The molecule has 0 fully saturated rings. The number of carbonyl (C=O) groups excluding carboxylic acids is 2. The van der Waals surface area contributed by atoms with Gasteiger partial charge in [0.1, 0.15) is 5.82 Å². The third kappa shape index (κ3) is 6.63. The molecule has 10 heteroatoms. The Morgan fingerprint density at radius 3 is 2.52 bits per heavy atom. The maximum absolute atomic E-state index is 13.5. The number of hydrogen-bond acceptors (Lipinski definition) is 5. The molecule has 0 saturated carbocycles. The maximum Gasteiger partial charge on any atom is 0.307 e. The number of halogens is 2. The van der Waals surface area contributed by atoms with Crippen molar-refractivity contribution in [1.29, 1.82) is 0 Å². The van der Waals surface area contributed by atoms with Gasteiger partial charge in [-0.15, -0.1) is 0 Å². The highest BCUT2D eigenvalue weighted by Crippen LogP contribution is 2.19. The zero-order valence-corrected chi connectivity index (χ0v) is 15.5. The van der Waals surface area contributed by atoms with Gasteiger partial charge in [0.05, 0.1) is 17.0 Å². The topological polar surface area (TPSA) is 102 Å². The van der Waals surface area contributed by atoms with E-state index < -0.39 is 34.3 Å². The van der Waals surface area contributed by atoms with Crippen LogP contribution in [0.2, 0.25) is 5.02 Å². The Bertz CT molecular complexity index is 922. The van der Waals surface area contributed by atoms with Gasteiger partial charge in [0.2, 0.25) is 10.0 Å². The van der Waals surface area contributed by atoms with Crippen LogP contribution in [0.25, 0.3) is 0 Å². The van der Waals surface area contributed by atoms with E-state index in [1.54, 1.807) is 18.2 Å². The first-order valence-corrected chi connectivity index (χ1v) is 9.59. The number of carbonyl (C=O) groups is 2. The Balaban J connectivity index is 1.74. The van der Waals surface area contributed by atoms with Gasteiger partial charge in [-0.3, -0.25) is 9.59 Å². The van der Waals surface area contributed by atoms with Crippen LogP contribution in [0.3, 0.4) is 0 Å². The van der Waals surface area contributed by atoms with E-state index in [0.29, 0.717) is 0 Å². The summed E-state index contributed by atoms with van der Waals surface area (Å²) < 4.78 is 44.4. The third-order valence-electron chi connectivity index (χ3n) is 3.24. The normalized spacial score (nSPS) is 11.0. The molecular weight excluding hydrogens is 399 g/mol. The monoisotopic (exact) mass is 414 g/mol. The minimum atomic E-state index is -3.73. The molecule has 7 nitrogen and oxygen atoms in total. The van der Waals surface area contributed by atoms with Gasteiger partial charge in [-0.2, -0.15) is 0 Å². The Morgan fingerprint density at radius 2 is 1.81 bits per heavy atom. The molecule has 0 aromatic heterocycles. The third-order valence-corrected chi connectivity index (χ3v) is 4.95. The summed E-state index contributed by atoms with van der Waals surface area (Å²) in [6, 6.07) is 11.3. The number of hydrogen-bond donors (Lipinski definition) is 2. The molecule has 2 N–H and O–H groups in total. The molecule has 0 heterocycles. The Hall–Kier alpha value is -2.49. The predicted octanol–water partition coefficient (Wildman–Crippen LogP) is 2.33. The smallest absolute Gasteiger partial charge is 0.307 e. The molecule has 0 spiro atoms. The summed E-state index contributed by atoms with van der Waals surface area (Å²) in [4.78, 5) is 23.4. The standard InChI is InChI=1S/C17H16ClFN2O5S/c18-12-6-7-14(19)15(10-12)21-16(22)11-26-17(23)8-9-20-27(24,25)13-4-2-1-3-5-13/h1-7,10,20H,8-9,11H2,(H,21,22). The molecule has 0 atom stereocenters. The van der Waals surface area contributed by atoms with Crippen molar-refractivity contribution in [3.63, 3.8) is 0 Å². The summed E-state index contributed by atoms with van der Waals surface area (Å²) in [6.07, 6.45) is -0.273. The predicted molar refractivity (Wildman–Crippen MR) is 97.2 cm³/mol. The first-order chi connectivity index (χ1) is 12.8. The fraction of sp³-hybridized carbons (Fsp3) is 0.176. The summed E-state index contributed by atoms with van der Waals surface area (Å²) in [5.41, 5.74) is -0.140. The van der Waals surface area contributed by atoms with Gasteiger partial charge in [0.25, 0.3) is 5.91 Å². The average molecular weight is 415 g/mol. The van der Waals surface area contributed by atoms with Crippen molar-refractivity contribution >= 4 is 39.2 Å². The van der Waals surface area contributed by atoms with E-state index in [-0.39, 0.29) is 28.6 Å². The van der Waals surface area contributed by atoms with Gasteiger partial charge in [0, 0.05) is 11.6 Å². The number of ether oxygens (including phenoxy) is 1. The van der Waals surface area contributed by atoms with E-state index in [1.807, 2.05) is 0 Å². The second-order valence-corrected chi connectivity index (χ2v) is 7.50. The largest absolute Gasteiger partial charge is 0.456 e. The second-order valence-electron chi connectivity index (χ2n) is 5.29. The van der Waals surface area contributed by atoms with Gasteiger partial charge in [-0.25, -0.2) is 17.5 Å². The van der Waals surface area contributed by atoms with Crippen LogP contribution in [0.1, 0.15) is 6.42 Å². The average Bonchev–Trinajstić information content (AvgIpc) is 2.63. The molecule has 27 heavy (non-hydrogen) atoms. The Labute approximate surface area is 160 Å². The summed E-state index contributed by atoms with van der Waals surface area (Å²) >= 11 is 5.71. The van der Waals surface area contributed by atoms with E-state index in [2.05, 4.69) is 10.0 Å². The van der Waals surface area contributed by atoms with E-state index >= 15 is 0 Å². The molecule has 144 valence electrons. The highest BCUT2D eigenvalue weighted by Gasteiger charge is 2.15. The summed E-state index contributed by atoms with van der Waals surface area (Å²) in [5, 5.41) is 2.45. The van der Waals surface area contributed by atoms with E-state index in [0.717, 1.165) is 6.07 Å². The van der Waals surface area contributed by atoms with Crippen LogP contribution < -0.4 is 10.0 Å². The SMILES string of the molecule is O=C(COC(=O)CCNS(=O)(=O)c1ccccc1)Nc1cc(Cl)ccc1F. The van der Waals surface area contributed by atoms with Gasteiger partial charge in [0.15, 0.2) is 6.61 Å². The number of sulfonamides is 1. The van der Waals surface area contributed by atoms with Crippen LogP contribution in [-0.2, 0) is 24.3 Å². The molecule has 0 aliphatic rings. The zero-order valence-electron chi connectivity index (χ0n) is 13.9. The highest BCUT2D eigenvalue weighted by atomic mass is 35.5. The van der Waals surface area contributed by atoms with Crippen molar-refractivity contribution in [2.75, 3.05) is 18.5 Å². The van der Waals surface area contributed by atoms with Crippen LogP contribution in [0.4, 0.5) is 10.1 Å². The first-order valence-electron chi connectivity index (χ1n) is 7.73. The van der Waals surface area contributed by atoms with Crippen molar-refractivity contribution < 1.29 is 27.1 Å². The first kappa shape index (κ1) is 20.8. The number of benzene rings is 2. The van der Waals surface area contributed by atoms with Crippen LogP contribution in [0, 0.1) is 5.82 Å². The molecule has 0 bridgehead atoms. The van der Waals surface area contributed by atoms with Gasteiger partial charge in [-0.05, 0) is 30.3 Å². The number of nitrogens with one attached hydrogen (secondary N) is 2. The van der Waals surface area contributed by atoms with Crippen molar-refractivity contribution in [3.8, 4) is 0 Å². The van der Waals surface area contributed by atoms with Crippen LogP contribution in [0.5, 0.6) is 0 Å². The molecule has 2 aromatic rings. The molecule has 1 amide bonds. The molecule has 0 unspecified atom stereocenters. The van der Waals surface area contributed by atoms with Crippen LogP contribution >= 0.6 is 11.6 Å². The van der Waals surface area contributed by atoms with Crippen molar-refractivity contribution in [2.24, 2.45) is 0 Å². The van der Waals surface area contributed by atoms with Crippen molar-refractivity contribution in [3.05, 3.63) is 59.4 Å². The minimum absolute atomic E-state index is 0.0706. The van der Waals surface area contributed by atoms with E-state index in [4.69, 9.17) is 16.3 Å². The molecule has 2 rings (SSSR count). The van der Waals surface area contributed by atoms with Gasteiger partial charge in [-0.1, -0.05) is 29.8 Å². The number of esters is 1. The van der Waals surface area contributed by atoms with E-state index in [1.165, 1.54) is 24.3 Å². The molecule has 0 saturated heterocycles. The number of anilines is 1. The second kappa shape index (κ2) is 9.45. The van der Waals surface area contributed by atoms with Crippen LogP contribution in [0.15, 0.2) is 53.4 Å². The summed E-state index contributed by atoms with van der Waals surface area (Å²) in [6.45, 7) is -0.836. The molecule has 0 radical (unpaired) electrons. The zero-order chi connectivity index (χ0) is 19.9. The molecule has 0 aliphatic heterocycles. The molecule has 2 aromatic carbocycles. The van der Waals surface area contributed by atoms with Crippen molar-refractivity contribution in [1.82, 2.24) is 4.72 Å². The fourth-order valence-electron chi connectivity index (χ4n) is 1.97.